The van der Waals surface area contributed by atoms with E-state index in [1.807, 2.05) is 11.3 Å². The lowest BCUT2D eigenvalue weighted by Gasteiger charge is -2.12. The molecule has 1 unspecified atom stereocenters. The van der Waals surface area contributed by atoms with Gasteiger partial charge in [0.25, 0.3) is 0 Å². The molecule has 2 aromatic carbocycles. The van der Waals surface area contributed by atoms with Gasteiger partial charge in [-0.2, -0.15) is 0 Å². The Morgan fingerprint density at radius 3 is 2.57 bits per heavy atom. The van der Waals surface area contributed by atoms with Crippen molar-refractivity contribution in [2.45, 2.75) is 25.8 Å². The Morgan fingerprint density at radius 1 is 1.00 bits per heavy atom. The average Bonchev–Trinajstić information content (AvgIpc) is 3.02. The minimum Gasteiger partial charge on any atom is -0.312 e. The molecule has 0 aliphatic heterocycles. The molecule has 1 heterocycles. The van der Waals surface area contributed by atoms with Gasteiger partial charge in [0.2, 0.25) is 0 Å². The van der Waals surface area contributed by atoms with Gasteiger partial charge in [0.05, 0.1) is 0 Å². The number of thiophene rings is 1. The molecule has 0 fully saturated rings. The zero-order chi connectivity index (χ0) is 14.7. The highest BCUT2D eigenvalue weighted by molar-refractivity contribution is 7.15. The van der Waals surface area contributed by atoms with E-state index >= 15 is 0 Å². The second-order valence-electron chi connectivity index (χ2n) is 5.39. The summed E-state index contributed by atoms with van der Waals surface area (Å²) in [6.07, 6.45) is 2.39. The van der Waals surface area contributed by atoms with E-state index in [-0.39, 0.29) is 0 Å². The zero-order valence-corrected chi connectivity index (χ0v) is 13.4. The van der Waals surface area contributed by atoms with Gasteiger partial charge in [-0.3, -0.25) is 0 Å². The van der Waals surface area contributed by atoms with Gasteiger partial charge < -0.3 is 5.32 Å². The summed E-state index contributed by atoms with van der Waals surface area (Å²) in [5, 5.41) is 6.04. The minimum atomic E-state index is 0.481. The third-order valence-corrected chi connectivity index (χ3v) is 5.18. The molecule has 0 aliphatic carbocycles. The van der Waals surface area contributed by atoms with Crippen molar-refractivity contribution in [1.29, 1.82) is 0 Å². The molecular weight excluding hydrogens is 274 g/mol. The normalized spacial score (nSPS) is 12.7. The van der Waals surface area contributed by atoms with Gasteiger partial charge in [0.15, 0.2) is 0 Å². The number of hydrogen-bond acceptors (Lipinski definition) is 2. The molecule has 21 heavy (non-hydrogen) atoms. The lowest BCUT2D eigenvalue weighted by Crippen LogP contribution is -2.14. The van der Waals surface area contributed by atoms with Crippen LogP contribution in [-0.4, -0.2) is 7.05 Å². The van der Waals surface area contributed by atoms with Crippen LogP contribution in [0, 0.1) is 0 Å². The van der Waals surface area contributed by atoms with Crippen LogP contribution in [-0.2, 0) is 0 Å². The van der Waals surface area contributed by atoms with Gasteiger partial charge in [0.1, 0.15) is 0 Å². The Hall–Kier alpha value is -1.64. The fourth-order valence-corrected chi connectivity index (χ4v) is 3.90. The van der Waals surface area contributed by atoms with Crippen LogP contribution in [0.15, 0.2) is 54.6 Å². The third kappa shape index (κ3) is 3.02. The van der Waals surface area contributed by atoms with Crippen LogP contribution in [0.3, 0.4) is 0 Å². The maximum Gasteiger partial charge on any atom is 0.0412 e. The number of nitrogens with one attached hydrogen (secondary N) is 1. The summed E-state index contributed by atoms with van der Waals surface area (Å²) in [7, 11) is 2.05. The van der Waals surface area contributed by atoms with Crippen molar-refractivity contribution in [2.24, 2.45) is 0 Å². The first kappa shape index (κ1) is 14.3. The van der Waals surface area contributed by atoms with Gasteiger partial charge in [-0.05, 0) is 48.0 Å². The van der Waals surface area contributed by atoms with Gasteiger partial charge in [-0.1, -0.05) is 49.7 Å². The van der Waals surface area contributed by atoms with E-state index in [4.69, 9.17) is 0 Å². The molecule has 0 bridgehead atoms. The molecule has 1 atom stereocenters. The quantitative estimate of drug-likeness (QED) is 0.643. The molecule has 0 saturated carbocycles. The molecule has 0 radical (unpaired) electrons. The van der Waals surface area contributed by atoms with Crippen molar-refractivity contribution >= 4 is 22.1 Å². The number of benzene rings is 2. The summed E-state index contributed by atoms with van der Waals surface area (Å²) in [5.41, 5.74) is 1.32. The summed E-state index contributed by atoms with van der Waals surface area (Å²) in [6.45, 7) is 2.24. The molecule has 0 saturated heterocycles. The molecule has 1 aromatic heterocycles. The van der Waals surface area contributed by atoms with E-state index in [0.717, 1.165) is 0 Å². The largest absolute Gasteiger partial charge is 0.312 e. The van der Waals surface area contributed by atoms with Crippen molar-refractivity contribution in [3.8, 4) is 10.4 Å². The number of rotatable bonds is 5. The third-order valence-electron chi connectivity index (χ3n) is 3.93. The topological polar surface area (TPSA) is 12.0 Å². The highest BCUT2D eigenvalue weighted by Gasteiger charge is 2.11. The van der Waals surface area contributed by atoms with Gasteiger partial charge in [0, 0.05) is 15.8 Å². The van der Waals surface area contributed by atoms with Crippen molar-refractivity contribution in [3.05, 3.63) is 59.5 Å². The summed E-state index contributed by atoms with van der Waals surface area (Å²) in [4.78, 5) is 2.79. The molecule has 0 aliphatic rings. The lowest BCUT2D eigenvalue weighted by atomic mass is 10.1. The first-order chi connectivity index (χ1) is 10.3. The predicted octanol–water partition coefficient (Wildman–Crippen LogP) is 5.63. The second kappa shape index (κ2) is 6.42. The zero-order valence-electron chi connectivity index (χ0n) is 12.6. The van der Waals surface area contributed by atoms with Crippen LogP contribution in [0.4, 0.5) is 0 Å². The first-order valence-corrected chi connectivity index (χ1v) is 8.39. The Morgan fingerprint density at radius 2 is 1.81 bits per heavy atom. The first-order valence-electron chi connectivity index (χ1n) is 7.58. The van der Waals surface area contributed by atoms with Crippen LogP contribution in [0.1, 0.15) is 30.7 Å². The summed E-state index contributed by atoms with van der Waals surface area (Å²) in [5.74, 6) is 0. The summed E-state index contributed by atoms with van der Waals surface area (Å²) in [6, 6.07) is 20.3. The Kier molecular flexibility index (Phi) is 4.37. The lowest BCUT2D eigenvalue weighted by molar-refractivity contribution is 0.550. The molecular formula is C19H21NS. The minimum absolute atomic E-state index is 0.481. The van der Waals surface area contributed by atoms with Crippen LogP contribution in [0.25, 0.3) is 21.2 Å². The fraction of sp³-hybridized carbons (Fsp3) is 0.263. The standard InChI is InChI=1S/C19H21NS/c1-3-6-17(20-2)19-12-11-18(21-19)16-10-9-14-7-4-5-8-15(14)13-16/h4-5,7-13,17,20H,3,6H2,1-2H3. The molecule has 0 amide bonds. The molecule has 3 aromatic rings. The molecule has 0 spiro atoms. The average molecular weight is 295 g/mol. The van der Waals surface area contributed by atoms with E-state index in [1.165, 1.54) is 38.9 Å². The van der Waals surface area contributed by atoms with Crippen LogP contribution in [0.2, 0.25) is 0 Å². The summed E-state index contributed by atoms with van der Waals surface area (Å²) >= 11 is 1.90. The number of fused-ring (bicyclic) bond motifs is 1. The Bertz CT molecular complexity index is 729. The van der Waals surface area contributed by atoms with Crippen LogP contribution < -0.4 is 5.32 Å². The van der Waals surface area contributed by atoms with Crippen molar-refractivity contribution in [2.75, 3.05) is 7.05 Å². The Balaban J connectivity index is 1.93. The van der Waals surface area contributed by atoms with E-state index in [0.29, 0.717) is 6.04 Å². The molecule has 108 valence electrons. The predicted molar refractivity (Wildman–Crippen MR) is 94.0 cm³/mol. The SMILES string of the molecule is CCCC(NC)c1ccc(-c2ccc3ccccc3c2)s1. The van der Waals surface area contributed by atoms with Crippen molar-refractivity contribution in [1.82, 2.24) is 5.32 Å². The van der Waals surface area contributed by atoms with Crippen LogP contribution in [0.5, 0.6) is 0 Å². The smallest absolute Gasteiger partial charge is 0.0412 e. The maximum absolute atomic E-state index is 3.42. The van der Waals surface area contributed by atoms with Gasteiger partial charge >= 0.3 is 0 Å². The molecule has 2 heteroatoms. The highest BCUT2D eigenvalue weighted by atomic mass is 32.1. The van der Waals surface area contributed by atoms with Crippen molar-refractivity contribution in [3.63, 3.8) is 0 Å². The Labute approximate surface area is 130 Å². The molecule has 1 nitrogen and oxygen atoms in total. The molecule has 1 N–H and O–H groups in total. The molecule has 3 rings (SSSR count). The van der Waals surface area contributed by atoms with Gasteiger partial charge in [-0.25, -0.2) is 0 Å². The van der Waals surface area contributed by atoms with E-state index in [2.05, 4.69) is 73.9 Å². The van der Waals surface area contributed by atoms with E-state index in [9.17, 15) is 0 Å². The van der Waals surface area contributed by atoms with Crippen molar-refractivity contribution < 1.29 is 0 Å². The fourth-order valence-electron chi connectivity index (χ4n) is 2.76. The summed E-state index contributed by atoms with van der Waals surface area (Å²) < 4.78 is 0. The second-order valence-corrected chi connectivity index (χ2v) is 6.51. The van der Waals surface area contributed by atoms with Gasteiger partial charge in [-0.15, -0.1) is 11.3 Å². The maximum atomic E-state index is 3.42. The van der Waals surface area contributed by atoms with E-state index < -0.39 is 0 Å². The van der Waals surface area contributed by atoms with Crippen LogP contribution >= 0.6 is 11.3 Å². The number of hydrogen-bond donors (Lipinski definition) is 1. The van der Waals surface area contributed by atoms with E-state index in [1.54, 1.807) is 0 Å². The monoisotopic (exact) mass is 295 g/mol. The highest BCUT2D eigenvalue weighted by Crippen LogP contribution is 2.34.